The molecule has 0 saturated heterocycles. The first-order valence-corrected chi connectivity index (χ1v) is 4.11. The van der Waals surface area contributed by atoms with Gasteiger partial charge in [-0.3, -0.25) is 0 Å². The van der Waals surface area contributed by atoms with Crippen molar-refractivity contribution < 1.29 is 39.5 Å². The second kappa shape index (κ2) is 6.54. The van der Waals surface area contributed by atoms with Crippen LogP contribution in [0, 0.1) is 0 Å². The number of carbonyl (C=O) groups is 1. The standard InChI is InChI=1S/C8H8O2S.Na/c9-8(10)7-5-3-1-2-4-6-11-7;/h1-7H,(H,9,10);/q;+1/p-1. The predicted molar refractivity (Wildman–Crippen MR) is 43.8 cm³/mol. The fourth-order valence-electron chi connectivity index (χ4n) is 0.648. The monoisotopic (exact) mass is 190 g/mol. The van der Waals surface area contributed by atoms with Crippen LogP contribution in [0.3, 0.4) is 0 Å². The molecule has 1 unspecified atom stereocenters. The van der Waals surface area contributed by atoms with Crippen LogP contribution in [0.15, 0.2) is 35.8 Å². The molecule has 0 aromatic carbocycles. The number of rotatable bonds is 1. The Morgan fingerprint density at radius 3 is 2.58 bits per heavy atom. The molecule has 12 heavy (non-hydrogen) atoms. The van der Waals surface area contributed by atoms with Crippen LogP contribution in [0.5, 0.6) is 0 Å². The SMILES string of the molecule is O=C([O-])C1C=CC=CC=CS1.[Na+]. The maximum atomic E-state index is 10.4. The van der Waals surface area contributed by atoms with Crippen molar-refractivity contribution >= 4 is 17.7 Å². The van der Waals surface area contributed by atoms with Crippen molar-refractivity contribution in [1.82, 2.24) is 0 Å². The minimum Gasteiger partial charge on any atom is -0.549 e. The molecule has 1 rings (SSSR count). The molecule has 0 aromatic heterocycles. The second-order valence-electron chi connectivity index (χ2n) is 1.97. The van der Waals surface area contributed by atoms with Crippen molar-refractivity contribution in [2.75, 3.05) is 0 Å². The Balaban J connectivity index is 0.00000121. The van der Waals surface area contributed by atoms with Crippen LogP contribution in [0.25, 0.3) is 0 Å². The maximum absolute atomic E-state index is 10.4. The predicted octanol–water partition coefficient (Wildman–Crippen LogP) is -2.52. The first-order valence-electron chi connectivity index (χ1n) is 3.17. The summed E-state index contributed by atoms with van der Waals surface area (Å²) in [6.45, 7) is 0. The molecule has 1 aliphatic heterocycles. The Morgan fingerprint density at radius 2 is 1.92 bits per heavy atom. The number of carboxylic acid groups (broad SMARTS) is 1. The molecule has 0 amide bonds. The minimum atomic E-state index is -1.05. The maximum Gasteiger partial charge on any atom is 1.00 e. The van der Waals surface area contributed by atoms with Gasteiger partial charge in [0.2, 0.25) is 0 Å². The number of carboxylic acids is 1. The third kappa shape index (κ3) is 4.16. The van der Waals surface area contributed by atoms with Crippen molar-refractivity contribution in [2.24, 2.45) is 0 Å². The van der Waals surface area contributed by atoms with E-state index < -0.39 is 11.2 Å². The average Bonchev–Trinajstić information content (AvgIpc) is 1.84. The Bertz CT molecular complexity index is 233. The first kappa shape index (κ1) is 12.0. The molecule has 0 spiro atoms. The molecule has 58 valence electrons. The van der Waals surface area contributed by atoms with E-state index in [0.29, 0.717) is 0 Å². The summed E-state index contributed by atoms with van der Waals surface area (Å²) >= 11 is 1.22. The van der Waals surface area contributed by atoms with Crippen LogP contribution in [-0.2, 0) is 4.79 Å². The normalized spacial score (nSPS) is 20.8. The van der Waals surface area contributed by atoms with Crippen LogP contribution in [-0.4, -0.2) is 11.2 Å². The van der Waals surface area contributed by atoms with Gasteiger partial charge in [-0.05, 0) is 5.41 Å². The van der Waals surface area contributed by atoms with Crippen molar-refractivity contribution in [3.05, 3.63) is 35.8 Å². The van der Waals surface area contributed by atoms with E-state index in [-0.39, 0.29) is 29.6 Å². The summed E-state index contributed by atoms with van der Waals surface area (Å²) in [5, 5.41) is 11.6. The summed E-state index contributed by atoms with van der Waals surface area (Å²) in [5.74, 6) is -1.05. The van der Waals surface area contributed by atoms with E-state index in [1.807, 2.05) is 6.08 Å². The molecule has 4 heteroatoms. The summed E-state index contributed by atoms with van der Waals surface area (Å²) in [5.41, 5.74) is 0. The zero-order chi connectivity index (χ0) is 8.10. The van der Waals surface area contributed by atoms with Gasteiger partial charge in [-0.25, -0.2) is 0 Å². The van der Waals surface area contributed by atoms with Crippen LogP contribution in [0.2, 0.25) is 0 Å². The second-order valence-corrected chi connectivity index (χ2v) is 3.03. The number of hydrogen-bond donors (Lipinski definition) is 0. The van der Waals surface area contributed by atoms with Gasteiger partial charge in [-0.2, -0.15) is 0 Å². The number of aliphatic carboxylic acids is 1. The van der Waals surface area contributed by atoms with E-state index in [9.17, 15) is 9.90 Å². The Morgan fingerprint density at radius 1 is 1.25 bits per heavy atom. The first-order chi connectivity index (χ1) is 5.30. The summed E-state index contributed by atoms with van der Waals surface area (Å²) in [6.07, 6.45) is 8.72. The topological polar surface area (TPSA) is 40.1 Å². The van der Waals surface area contributed by atoms with E-state index in [4.69, 9.17) is 0 Å². The van der Waals surface area contributed by atoms with Gasteiger partial charge in [0.25, 0.3) is 0 Å². The molecule has 0 saturated carbocycles. The molecule has 0 bridgehead atoms. The zero-order valence-electron chi connectivity index (χ0n) is 6.77. The molecule has 0 N–H and O–H groups in total. The number of thioether (sulfide) groups is 1. The van der Waals surface area contributed by atoms with Gasteiger partial charge in [0, 0.05) is 0 Å². The molecule has 2 nitrogen and oxygen atoms in total. The Labute approximate surface area is 97.7 Å². The average molecular weight is 190 g/mol. The molecule has 1 heterocycles. The van der Waals surface area contributed by atoms with Gasteiger partial charge in [-0.1, -0.05) is 30.4 Å². The summed E-state index contributed by atoms with van der Waals surface area (Å²) in [4.78, 5) is 10.4. The van der Waals surface area contributed by atoms with E-state index in [0.717, 1.165) is 0 Å². The van der Waals surface area contributed by atoms with Crippen LogP contribution >= 0.6 is 11.8 Å². The van der Waals surface area contributed by atoms with Crippen molar-refractivity contribution in [2.45, 2.75) is 5.25 Å². The molecular weight excluding hydrogens is 183 g/mol. The van der Waals surface area contributed by atoms with Gasteiger partial charge in [-0.15, -0.1) is 11.8 Å². The van der Waals surface area contributed by atoms with E-state index in [2.05, 4.69) is 0 Å². The molecule has 0 radical (unpaired) electrons. The van der Waals surface area contributed by atoms with Crippen molar-refractivity contribution in [3.63, 3.8) is 0 Å². The quantitative estimate of drug-likeness (QED) is 0.428. The Hall–Kier alpha value is 0.0400. The Kier molecular flexibility index (Phi) is 6.57. The van der Waals surface area contributed by atoms with Crippen molar-refractivity contribution in [1.29, 1.82) is 0 Å². The largest absolute Gasteiger partial charge is 1.00 e. The summed E-state index contributed by atoms with van der Waals surface area (Å²) < 4.78 is 0. The van der Waals surface area contributed by atoms with Crippen LogP contribution in [0.1, 0.15) is 0 Å². The number of hydrogen-bond acceptors (Lipinski definition) is 3. The van der Waals surface area contributed by atoms with Gasteiger partial charge in [0.05, 0.1) is 11.2 Å². The summed E-state index contributed by atoms with van der Waals surface area (Å²) in [7, 11) is 0. The number of allylic oxidation sites excluding steroid dienone is 4. The van der Waals surface area contributed by atoms with Gasteiger partial charge >= 0.3 is 29.6 Å². The van der Waals surface area contributed by atoms with Gasteiger partial charge in [0.1, 0.15) is 0 Å². The smallest absolute Gasteiger partial charge is 0.549 e. The summed E-state index contributed by atoms with van der Waals surface area (Å²) in [6, 6.07) is 0. The van der Waals surface area contributed by atoms with Gasteiger partial charge < -0.3 is 9.90 Å². The molecule has 1 atom stereocenters. The van der Waals surface area contributed by atoms with Crippen molar-refractivity contribution in [3.8, 4) is 0 Å². The van der Waals surface area contributed by atoms with E-state index >= 15 is 0 Å². The zero-order valence-corrected chi connectivity index (χ0v) is 9.58. The fraction of sp³-hybridized carbons (Fsp3) is 0.125. The molecule has 0 aliphatic carbocycles. The van der Waals surface area contributed by atoms with E-state index in [1.54, 1.807) is 29.7 Å². The molecule has 0 aromatic rings. The fourth-order valence-corrected chi connectivity index (χ4v) is 1.29. The minimum absolute atomic E-state index is 0. The molecule has 0 fully saturated rings. The molecular formula is C8H7NaO2S. The third-order valence-electron chi connectivity index (χ3n) is 1.16. The van der Waals surface area contributed by atoms with Crippen LogP contribution in [0.4, 0.5) is 0 Å². The number of carbonyl (C=O) groups excluding carboxylic acids is 1. The van der Waals surface area contributed by atoms with Gasteiger partial charge in [0.15, 0.2) is 0 Å². The molecule has 1 aliphatic rings. The van der Waals surface area contributed by atoms with E-state index in [1.165, 1.54) is 11.8 Å². The van der Waals surface area contributed by atoms with Crippen LogP contribution < -0.4 is 34.7 Å². The third-order valence-corrected chi connectivity index (χ3v) is 2.11.